The first kappa shape index (κ1) is 32.4. The molecule has 0 spiro atoms. The molecule has 2 aliphatic rings. The third-order valence-corrected chi connectivity index (χ3v) is 10.2. The van der Waals surface area contributed by atoms with Crippen molar-refractivity contribution in [3.05, 3.63) is 101 Å². The SMILES string of the molecule is O=C(O)NC(C(=O)Nc1cccc(F)c1CCC1CNC2CCCS(=O)(=O)N1C2)C(c1ccc(F)cc1)c1cc(F)cc(F)c1. The first-order chi connectivity index (χ1) is 21.4. The highest BCUT2D eigenvalue weighted by atomic mass is 32.2. The van der Waals surface area contributed by atoms with Gasteiger partial charge in [0, 0.05) is 48.4 Å². The molecular weight excluding hydrogens is 616 g/mol. The average molecular weight is 649 g/mol. The van der Waals surface area contributed by atoms with E-state index in [1.54, 1.807) is 0 Å². The summed E-state index contributed by atoms with van der Waals surface area (Å²) in [7, 11) is -3.49. The quantitative estimate of drug-likeness (QED) is 0.256. The minimum absolute atomic E-state index is 0.0147. The molecule has 9 nitrogen and oxygen atoms in total. The molecule has 5 unspecified atom stereocenters. The van der Waals surface area contributed by atoms with E-state index in [1.807, 2.05) is 0 Å². The van der Waals surface area contributed by atoms with Crippen molar-refractivity contribution in [3.8, 4) is 0 Å². The number of halogens is 4. The van der Waals surface area contributed by atoms with E-state index < -0.39 is 63.3 Å². The number of amides is 2. The molecule has 2 bridgehead atoms. The summed E-state index contributed by atoms with van der Waals surface area (Å²) in [6.45, 7) is 0.704. The number of nitrogens with zero attached hydrogens (tertiary/aromatic N) is 1. The predicted molar refractivity (Wildman–Crippen MR) is 158 cm³/mol. The molecule has 0 saturated carbocycles. The summed E-state index contributed by atoms with van der Waals surface area (Å²) in [4.78, 5) is 25.7. The Kier molecular flexibility index (Phi) is 9.75. The van der Waals surface area contributed by atoms with Gasteiger partial charge in [0.25, 0.3) is 0 Å². The van der Waals surface area contributed by atoms with Crippen molar-refractivity contribution in [1.82, 2.24) is 14.9 Å². The number of benzene rings is 3. The second-order valence-electron chi connectivity index (χ2n) is 11.2. The zero-order valence-electron chi connectivity index (χ0n) is 24.0. The molecule has 2 fully saturated rings. The first-order valence-corrected chi connectivity index (χ1v) is 16.0. The molecule has 240 valence electrons. The van der Waals surface area contributed by atoms with E-state index >= 15 is 4.39 Å². The highest BCUT2D eigenvalue weighted by molar-refractivity contribution is 7.89. The lowest BCUT2D eigenvalue weighted by Gasteiger charge is -2.37. The Morgan fingerprint density at radius 3 is 2.38 bits per heavy atom. The Labute approximate surface area is 257 Å². The van der Waals surface area contributed by atoms with Crippen molar-refractivity contribution < 1.29 is 40.7 Å². The summed E-state index contributed by atoms with van der Waals surface area (Å²) >= 11 is 0. The van der Waals surface area contributed by atoms with Crippen molar-refractivity contribution >= 4 is 27.7 Å². The zero-order chi connectivity index (χ0) is 32.3. The fraction of sp³-hybridized carbons (Fsp3) is 0.355. The fourth-order valence-electron chi connectivity index (χ4n) is 6.13. The fourth-order valence-corrected chi connectivity index (χ4v) is 7.94. The van der Waals surface area contributed by atoms with Gasteiger partial charge in [0.1, 0.15) is 29.3 Å². The summed E-state index contributed by atoms with van der Waals surface area (Å²) in [5.41, 5.74) is 0.163. The Balaban J connectivity index is 1.44. The summed E-state index contributed by atoms with van der Waals surface area (Å²) in [6.07, 6.45) is -0.0718. The zero-order valence-corrected chi connectivity index (χ0v) is 24.8. The van der Waals surface area contributed by atoms with Gasteiger partial charge in [-0.25, -0.2) is 30.8 Å². The van der Waals surface area contributed by atoms with Crippen LogP contribution < -0.4 is 16.0 Å². The number of hydrogen-bond donors (Lipinski definition) is 4. The molecule has 2 heterocycles. The lowest BCUT2D eigenvalue weighted by Crippen LogP contribution is -2.57. The molecule has 5 atom stereocenters. The molecule has 3 aromatic rings. The largest absolute Gasteiger partial charge is 0.465 e. The van der Waals surface area contributed by atoms with Crippen LogP contribution in [0.25, 0.3) is 0 Å². The molecule has 14 heteroatoms. The monoisotopic (exact) mass is 648 g/mol. The van der Waals surface area contributed by atoms with Crippen molar-refractivity contribution in [1.29, 1.82) is 0 Å². The number of carbonyl (C=O) groups is 2. The van der Waals surface area contributed by atoms with Crippen LogP contribution in [0, 0.1) is 23.3 Å². The molecule has 2 aliphatic heterocycles. The number of rotatable bonds is 9. The highest BCUT2D eigenvalue weighted by Gasteiger charge is 2.38. The van der Waals surface area contributed by atoms with Crippen LogP contribution in [0.3, 0.4) is 0 Å². The van der Waals surface area contributed by atoms with E-state index in [2.05, 4.69) is 16.0 Å². The maximum atomic E-state index is 15.2. The second-order valence-corrected chi connectivity index (χ2v) is 13.3. The number of anilines is 1. The summed E-state index contributed by atoms with van der Waals surface area (Å²) < 4.78 is 84.8. The first-order valence-electron chi connectivity index (χ1n) is 14.4. The van der Waals surface area contributed by atoms with E-state index in [1.165, 1.54) is 34.6 Å². The Morgan fingerprint density at radius 2 is 1.69 bits per heavy atom. The number of carboxylic acid groups (broad SMARTS) is 1. The van der Waals surface area contributed by atoms with Crippen LogP contribution in [0.4, 0.5) is 28.0 Å². The van der Waals surface area contributed by atoms with E-state index in [4.69, 9.17) is 0 Å². The van der Waals surface area contributed by atoms with Gasteiger partial charge in [0.05, 0.1) is 5.75 Å². The van der Waals surface area contributed by atoms with Crippen LogP contribution in [0.15, 0.2) is 60.7 Å². The average Bonchev–Trinajstić information content (AvgIpc) is 3.08. The molecule has 4 N–H and O–H groups in total. The van der Waals surface area contributed by atoms with Crippen molar-refractivity contribution in [2.24, 2.45) is 0 Å². The van der Waals surface area contributed by atoms with Crippen LogP contribution in [0.2, 0.25) is 0 Å². The molecule has 2 amide bonds. The van der Waals surface area contributed by atoms with E-state index in [-0.39, 0.29) is 47.0 Å². The predicted octanol–water partition coefficient (Wildman–Crippen LogP) is 4.35. The van der Waals surface area contributed by atoms with Gasteiger partial charge in [-0.05, 0) is 73.2 Å². The number of nitrogens with one attached hydrogen (secondary N) is 3. The molecule has 2 saturated heterocycles. The van der Waals surface area contributed by atoms with Gasteiger partial charge in [-0.3, -0.25) is 4.79 Å². The van der Waals surface area contributed by atoms with Gasteiger partial charge in [0.2, 0.25) is 15.9 Å². The van der Waals surface area contributed by atoms with Gasteiger partial charge in [-0.2, -0.15) is 4.31 Å². The third-order valence-electron chi connectivity index (χ3n) is 8.23. The Hall–Kier alpha value is -4.01. The van der Waals surface area contributed by atoms with Crippen LogP contribution in [-0.4, -0.2) is 66.8 Å². The van der Waals surface area contributed by atoms with E-state index in [0.717, 1.165) is 30.7 Å². The number of piperazine rings is 1. The van der Waals surface area contributed by atoms with Crippen molar-refractivity contribution in [3.63, 3.8) is 0 Å². The Bertz CT molecular complexity index is 1650. The number of fused-ring (bicyclic) bond motifs is 2. The number of sulfonamides is 1. The second kappa shape index (κ2) is 13.5. The van der Waals surface area contributed by atoms with Gasteiger partial charge in [-0.1, -0.05) is 18.2 Å². The minimum Gasteiger partial charge on any atom is -0.465 e. The van der Waals surface area contributed by atoms with Crippen molar-refractivity contribution in [2.75, 3.05) is 24.2 Å². The minimum atomic E-state index is -3.49. The number of carbonyl (C=O) groups excluding carboxylic acids is 1. The molecule has 3 aromatic carbocycles. The molecule has 0 radical (unpaired) electrons. The third kappa shape index (κ3) is 7.63. The summed E-state index contributed by atoms with van der Waals surface area (Å²) in [5.74, 6) is -5.51. The maximum absolute atomic E-state index is 15.2. The standard InChI is InChI=1S/C31H32F4N4O5S/c32-20-8-6-18(7-9-20)28(19-13-21(33)15-22(34)14-19)29(38-31(41)42)30(40)37-27-5-1-4-26(35)25(27)11-10-24-16-36-23-3-2-12-45(43,44)39(24)17-23/h1,4-9,13-15,23-24,28-29,36,38H,2-3,10-12,16-17H2,(H,37,40)(H,41,42). The summed E-state index contributed by atoms with van der Waals surface area (Å²) in [6, 6.07) is 8.99. The molecular formula is C31H32F4N4O5S. The van der Waals surface area contributed by atoms with Gasteiger partial charge in [-0.15, -0.1) is 0 Å². The van der Waals surface area contributed by atoms with Crippen LogP contribution in [0.5, 0.6) is 0 Å². The molecule has 45 heavy (non-hydrogen) atoms. The molecule has 0 aromatic heterocycles. The highest BCUT2D eigenvalue weighted by Crippen LogP contribution is 2.32. The van der Waals surface area contributed by atoms with Gasteiger partial charge in [0.15, 0.2) is 0 Å². The van der Waals surface area contributed by atoms with E-state index in [9.17, 15) is 36.3 Å². The van der Waals surface area contributed by atoms with Crippen LogP contribution in [-0.2, 0) is 21.2 Å². The normalized spacial score (nSPS) is 22.1. The van der Waals surface area contributed by atoms with Crippen LogP contribution in [0.1, 0.15) is 41.9 Å². The van der Waals surface area contributed by atoms with Crippen molar-refractivity contribution in [2.45, 2.75) is 49.7 Å². The van der Waals surface area contributed by atoms with Gasteiger partial charge < -0.3 is 21.1 Å². The topological polar surface area (TPSA) is 128 Å². The number of hydrogen-bond acceptors (Lipinski definition) is 5. The summed E-state index contributed by atoms with van der Waals surface area (Å²) in [5, 5.41) is 17.6. The Morgan fingerprint density at radius 1 is 0.978 bits per heavy atom. The van der Waals surface area contributed by atoms with Gasteiger partial charge >= 0.3 is 6.09 Å². The molecule has 5 rings (SSSR count). The lowest BCUT2D eigenvalue weighted by atomic mass is 9.84. The smallest absolute Gasteiger partial charge is 0.405 e. The molecule has 0 aliphatic carbocycles. The lowest BCUT2D eigenvalue weighted by molar-refractivity contribution is -0.118. The maximum Gasteiger partial charge on any atom is 0.405 e. The van der Waals surface area contributed by atoms with E-state index in [0.29, 0.717) is 25.6 Å². The van der Waals surface area contributed by atoms with Crippen LogP contribution >= 0.6 is 0 Å².